The minimum Gasteiger partial charge on any atom is -0.322 e. The summed E-state index contributed by atoms with van der Waals surface area (Å²) >= 11 is 1.73. The normalized spacial score (nSPS) is 12.6. The number of benzene rings is 1. The van der Waals surface area contributed by atoms with Crippen LogP contribution in [0.15, 0.2) is 24.3 Å². The van der Waals surface area contributed by atoms with Gasteiger partial charge in [-0.05, 0) is 25.3 Å². The molecule has 102 valence electrons. The quantitative estimate of drug-likeness (QED) is 0.873. The van der Waals surface area contributed by atoms with Gasteiger partial charge in [0.2, 0.25) is 0 Å². The fourth-order valence-corrected chi connectivity index (χ4v) is 3.16. The summed E-state index contributed by atoms with van der Waals surface area (Å²) in [5, 5.41) is 1.06. The lowest BCUT2D eigenvalue weighted by Crippen LogP contribution is -2.09. The number of hydrogen-bond donors (Lipinski definition) is 1. The molecule has 2 N–H and O–H groups in total. The number of nitrogens with two attached hydrogens (primary N) is 1. The average molecular weight is 274 g/mol. The van der Waals surface area contributed by atoms with E-state index in [0.717, 1.165) is 30.0 Å². The Morgan fingerprint density at radius 1 is 1.21 bits per heavy atom. The van der Waals surface area contributed by atoms with Crippen molar-refractivity contribution in [1.29, 1.82) is 0 Å². The Labute approximate surface area is 119 Å². The first-order chi connectivity index (χ1) is 9.15. The van der Waals surface area contributed by atoms with E-state index in [4.69, 9.17) is 10.7 Å². The van der Waals surface area contributed by atoms with Crippen LogP contribution in [0.2, 0.25) is 0 Å². The first-order valence-corrected chi connectivity index (χ1v) is 7.79. The molecule has 0 aliphatic heterocycles. The van der Waals surface area contributed by atoms with Gasteiger partial charge in [0, 0.05) is 10.4 Å². The molecule has 2 aromatic rings. The van der Waals surface area contributed by atoms with Gasteiger partial charge in [0.05, 0.1) is 11.7 Å². The van der Waals surface area contributed by atoms with Crippen molar-refractivity contribution in [3.63, 3.8) is 0 Å². The van der Waals surface area contributed by atoms with E-state index in [1.54, 1.807) is 11.3 Å². The van der Waals surface area contributed by atoms with E-state index < -0.39 is 0 Å². The van der Waals surface area contributed by atoms with Crippen molar-refractivity contribution in [2.75, 3.05) is 0 Å². The van der Waals surface area contributed by atoms with E-state index >= 15 is 0 Å². The highest BCUT2D eigenvalue weighted by atomic mass is 32.1. The minimum atomic E-state index is 0.0809. The number of nitrogens with zero attached hydrogens (tertiary/aromatic N) is 1. The summed E-state index contributed by atoms with van der Waals surface area (Å²) in [5.74, 6) is 0. The zero-order valence-corrected chi connectivity index (χ0v) is 12.8. The zero-order valence-electron chi connectivity index (χ0n) is 11.9. The Morgan fingerprint density at radius 3 is 2.47 bits per heavy atom. The number of rotatable bonds is 5. The fourth-order valence-electron chi connectivity index (χ4n) is 2.18. The van der Waals surface area contributed by atoms with Gasteiger partial charge in [0.15, 0.2) is 0 Å². The third kappa shape index (κ3) is 3.23. The van der Waals surface area contributed by atoms with Gasteiger partial charge < -0.3 is 5.73 Å². The lowest BCUT2D eigenvalue weighted by molar-refractivity contribution is 0.635. The van der Waals surface area contributed by atoms with Crippen LogP contribution in [0, 0.1) is 6.92 Å². The molecule has 2 rings (SSSR count). The van der Waals surface area contributed by atoms with Gasteiger partial charge in [0.1, 0.15) is 5.01 Å². The largest absolute Gasteiger partial charge is 0.322 e. The monoisotopic (exact) mass is 274 g/mol. The van der Waals surface area contributed by atoms with Crippen molar-refractivity contribution in [3.05, 3.63) is 39.7 Å². The molecule has 0 amide bonds. The molecule has 1 aromatic heterocycles. The van der Waals surface area contributed by atoms with Crippen LogP contribution in [0.4, 0.5) is 0 Å². The van der Waals surface area contributed by atoms with Gasteiger partial charge in [-0.3, -0.25) is 0 Å². The Kier molecular flexibility index (Phi) is 4.72. The van der Waals surface area contributed by atoms with Crippen LogP contribution < -0.4 is 5.73 Å². The molecule has 0 aliphatic carbocycles. The second-order valence-electron chi connectivity index (χ2n) is 4.90. The van der Waals surface area contributed by atoms with E-state index in [0.29, 0.717) is 0 Å². The molecule has 0 aliphatic rings. The van der Waals surface area contributed by atoms with Crippen LogP contribution in [0.3, 0.4) is 0 Å². The van der Waals surface area contributed by atoms with Crippen molar-refractivity contribution < 1.29 is 0 Å². The Hall–Kier alpha value is -1.19. The van der Waals surface area contributed by atoms with Crippen molar-refractivity contribution in [2.24, 2.45) is 5.73 Å². The molecule has 1 heterocycles. The number of aryl methyl sites for hydroxylation is 2. The topological polar surface area (TPSA) is 38.9 Å². The summed E-state index contributed by atoms with van der Waals surface area (Å²) in [4.78, 5) is 6.00. The van der Waals surface area contributed by atoms with Crippen LogP contribution in [-0.2, 0) is 6.42 Å². The smallest absolute Gasteiger partial charge is 0.110 e. The van der Waals surface area contributed by atoms with E-state index in [9.17, 15) is 0 Å². The maximum atomic E-state index is 6.16. The van der Waals surface area contributed by atoms with Crippen molar-refractivity contribution in [1.82, 2.24) is 4.98 Å². The Bertz CT molecular complexity index is 528. The fraction of sp³-hybridized carbons (Fsp3) is 0.438. The molecular formula is C16H22N2S. The van der Waals surface area contributed by atoms with Crippen molar-refractivity contribution >= 4 is 11.3 Å². The number of thiazole rings is 1. The molecule has 19 heavy (non-hydrogen) atoms. The maximum Gasteiger partial charge on any atom is 0.110 e. The second kappa shape index (κ2) is 6.31. The van der Waals surface area contributed by atoms with E-state index in [2.05, 4.69) is 45.0 Å². The van der Waals surface area contributed by atoms with Gasteiger partial charge >= 0.3 is 0 Å². The predicted octanol–water partition coefficient (Wildman–Crippen LogP) is 4.48. The summed E-state index contributed by atoms with van der Waals surface area (Å²) in [5.41, 5.74) is 9.81. The SMILES string of the molecule is CCCC(N)c1nc(-c2ccc(CC)cc2)c(C)s1. The van der Waals surface area contributed by atoms with Crippen LogP contribution in [0.25, 0.3) is 11.3 Å². The van der Waals surface area contributed by atoms with Gasteiger partial charge in [-0.25, -0.2) is 4.98 Å². The Morgan fingerprint density at radius 2 is 1.89 bits per heavy atom. The van der Waals surface area contributed by atoms with E-state index in [1.165, 1.54) is 16.0 Å². The third-order valence-electron chi connectivity index (χ3n) is 3.37. The first-order valence-electron chi connectivity index (χ1n) is 6.97. The van der Waals surface area contributed by atoms with Crippen LogP contribution in [0.1, 0.15) is 48.2 Å². The van der Waals surface area contributed by atoms with Crippen molar-refractivity contribution in [2.45, 2.75) is 46.1 Å². The van der Waals surface area contributed by atoms with Gasteiger partial charge in [0.25, 0.3) is 0 Å². The zero-order chi connectivity index (χ0) is 13.8. The van der Waals surface area contributed by atoms with Gasteiger partial charge in [-0.15, -0.1) is 11.3 Å². The van der Waals surface area contributed by atoms with Crippen LogP contribution in [0.5, 0.6) is 0 Å². The van der Waals surface area contributed by atoms with Crippen LogP contribution >= 0.6 is 11.3 Å². The lowest BCUT2D eigenvalue weighted by atomic mass is 10.1. The van der Waals surface area contributed by atoms with E-state index in [-0.39, 0.29) is 6.04 Å². The number of aromatic nitrogens is 1. The lowest BCUT2D eigenvalue weighted by Gasteiger charge is -2.05. The number of hydrogen-bond acceptors (Lipinski definition) is 3. The highest BCUT2D eigenvalue weighted by Gasteiger charge is 2.14. The molecule has 0 radical (unpaired) electrons. The molecule has 0 saturated heterocycles. The average Bonchev–Trinajstić information content (AvgIpc) is 2.81. The van der Waals surface area contributed by atoms with Gasteiger partial charge in [-0.2, -0.15) is 0 Å². The molecular weight excluding hydrogens is 252 g/mol. The summed E-state index contributed by atoms with van der Waals surface area (Å²) in [7, 11) is 0. The first kappa shape index (κ1) is 14.2. The van der Waals surface area contributed by atoms with Crippen molar-refractivity contribution in [3.8, 4) is 11.3 Å². The molecule has 0 saturated carbocycles. The molecule has 1 unspecified atom stereocenters. The maximum absolute atomic E-state index is 6.16. The van der Waals surface area contributed by atoms with Crippen LogP contribution in [-0.4, -0.2) is 4.98 Å². The highest BCUT2D eigenvalue weighted by Crippen LogP contribution is 2.31. The summed E-state index contributed by atoms with van der Waals surface area (Å²) in [6.45, 7) is 6.46. The molecule has 0 spiro atoms. The highest BCUT2D eigenvalue weighted by molar-refractivity contribution is 7.12. The third-order valence-corrected chi connectivity index (χ3v) is 4.47. The summed E-state index contributed by atoms with van der Waals surface area (Å²) < 4.78 is 0. The minimum absolute atomic E-state index is 0.0809. The van der Waals surface area contributed by atoms with Gasteiger partial charge in [-0.1, -0.05) is 44.5 Å². The molecule has 2 nitrogen and oxygen atoms in total. The molecule has 0 fully saturated rings. The summed E-state index contributed by atoms with van der Waals surface area (Å²) in [6.07, 6.45) is 3.17. The Balaban J connectivity index is 2.28. The summed E-state index contributed by atoms with van der Waals surface area (Å²) in [6, 6.07) is 8.77. The molecule has 1 aromatic carbocycles. The second-order valence-corrected chi connectivity index (χ2v) is 6.14. The predicted molar refractivity (Wildman–Crippen MR) is 83.5 cm³/mol. The molecule has 0 bridgehead atoms. The van der Waals surface area contributed by atoms with E-state index in [1.807, 2.05) is 0 Å². The standard InChI is InChI=1S/C16H22N2S/c1-4-6-14(17)16-18-15(11(3)19-16)13-9-7-12(5-2)8-10-13/h7-10,14H,4-6,17H2,1-3H3. The molecule has 1 atom stereocenters. The molecule has 3 heteroatoms.